The topological polar surface area (TPSA) is 99.1 Å². The molecule has 3 aromatic heterocycles. The number of pyridine rings is 1. The van der Waals surface area contributed by atoms with Crippen LogP contribution in [-0.4, -0.2) is 48.0 Å². The summed E-state index contributed by atoms with van der Waals surface area (Å²) in [5.74, 6) is -1.87. The van der Waals surface area contributed by atoms with Crippen molar-refractivity contribution in [1.82, 2.24) is 19.2 Å². The molecular weight excluding hydrogens is 430 g/mol. The molecule has 0 atom stereocenters. The second kappa shape index (κ2) is 7.65. The Labute approximate surface area is 176 Å². The molecule has 0 saturated carbocycles. The predicted octanol–water partition coefficient (Wildman–Crippen LogP) is 3.12. The summed E-state index contributed by atoms with van der Waals surface area (Å²) in [6, 6.07) is 2.91. The molecule has 31 heavy (non-hydrogen) atoms. The number of aromatic nitrogens is 4. The molecule has 0 aliphatic heterocycles. The van der Waals surface area contributed by atoms with Gasteiger partial charge in [0.05, 0.1) is 32.9 Å². The third-order valence-electron chi connectivity index (χ3n) is 4.88. The minimum absolute atomic E-state index is 0.0844. The number of ether oxygens (including phenoxy) is 2. The number of fused-ring (bicyclic) bond motifs is 1. The lowest BCUT2D eigenvalue weighted by molar-refractivity contribution is 0.354. The first-order valence-corrected chi connectivity index (χ1v) is 10.9. The van der Waals surface area contributed by atoms with E-state index in [0.29, 0.717) is 27.7 Å². The molecule has 4 aromatic rings. The number of rotatable bonds is 6. The Morgan fingerprint density at radius 2 is 1.74 bits per heavy atom. The molecule has 4 rings (SSSR count). The third kappa shape index (κ3) is 3.72. The highest BCUT2D eigenvalue weighted by atomic mass is 32.2. The van der Waals surface area contributed by atoms with Gasteiger partial charge in [-0.2, -0.15) is 9.19 Å². The van der Waals surface area contributed by atoms with E-state index >= 15 is 0 Å². The zero-order valence-corrected chi connectivity index (χ0v) is 17.6. The molecule has 0 spiro atoms. The van der Waals surface area contributed by atoms with Crippen LogP contribution in [0.1, 0.15) is 11.1 Å². The molecule has 0 saturated heterocycles. The molecule has 1 N–H and O–H groups in total. The molecule has 3 heterocycles. The Balaban J connectivity index is 1.79. The van der Waals surface area contributed by atoms with Crippen LogP contribution >= 0.6 is 0 Å². The molecule has 162 valence electrons. The van der Waals surface area contributed by atoms with Gasteiger partial charge < -0.3 is 14.5 Å². The van der Waals surface area contributed by atoms with Gasteiger partial charge >= 0.3 is 0 Å². The zero-order valence-electron chi connectivity index (χ0n) is 16.8. The maximum Gasteiger partial charge on any atom is 0.250 e. The van der Waals surface area contributed by atoms with Gasteiger partial charge in [0, 0.05) is 47.0 Å². The van der Waals surface area contributed by atoms with Gasteiger partial charge in [-0.05, 0) is 11.6 Å². The van der Waals surface area contributed by atoms with Crippen LogP contribution < -0.4 is 9.47 Å². The summed E-state index contributed by atoms with van der Waals surface area (Å²) in [4.78, 5) is 7.30. The van der Waals surface area contributed by atoms with Crippen LogP contribution in [0.4, 0.5) is 8.78 Å². The van der Waals surface area contributed by atoms with E-state index in [-0.39, 0.29) is 23.5 Å². The largest absolute Gasteiger partial charge is 0.494 e. The second-order valence-electron chi connectivity index (χ2n) is 6.86. The van der Waals surface area contributed by atoms with E-state index in [2.05, 4.69) is 15.1 Å². The predicted molar refractivity (Wildman–Crippen MR) is 110 cm³/mol. The van der Waals surface area contributed by atoms with Gasteiger partial charge in [-0.15, -0.1) is 0 Å². The molecule has 0 fully saturated rings. The van der Waals surface area contributed by atoms with Crippen molar-refractivity contribution in [3.8, 4) is 22.6 Å². The van der Waals surface area contributed by atoms with Crippen molar-refractivity contribution in [2.24, 2.45) is 0 Å². The molecule has 0 bridgehead atoms. The lowest BCUT2D eigenvalue weighted by atomic mass is 10.0. The number of hydrogen-bond donors (Lipinski definition) is 1. The Bertz CT molecular complexity index is 1370. The van der Waals surface area contributed by atoms with Gasteiger partial charge in [0.1, 0.15) is 5.65 Å². The van der Waals surface area contributed by atoms with E-state index in [9.17, 15) is 17.2 Å². The number of nitrogens with zero attached hydrogens (tertiary/aromatic N) is 3. The average molecular weight is 448 g/mol. The molecule has 0 unspecified atom stereocenters. The number of aromatic amines is 1. The summed E-state index contributed by atoms with van der Waals surface area (Å²) in [6.45, 7) is 0. The lowest BCUT2D eigenvalue weighted by Gasteiger charge is -2.12. The molecule has 0 aliphatic carbocycles. The van der Waals surface area contributed by atoms with Crippen LogP contribution in [0.2, 0.25) is 0 Å². The monoisotopic (exact) mass is 448 g/mol. The fourth-order valence-electron chi connectivity index (χ4n) is 3.28. The highest BCUT2D eigenvalue weighted by Gasteiger charge is 2.21. The van der Waals surface area contributed by atoms with E-state index < -0.39 is 21.7 Å². The van der Waals surface area contributed by atoms with Crippen LogP contribution in [0.15, 0.2) is 36.9 Å². The molecule has 8 nitrogen and oxygen atoms in total. The van der Waals surface area contributed by atoms with Crippen molar-refractivity contribution in [2.75, 3.05) is 20.5 Å². The van der Waals surface area contributed by atoms with Crippen molar-refractivity contribution in [3.63, 3.8) is 0 Å². The van der Waals surface area contributed by atoms with Crippen molar-refractivity contribution < 1.29 is 26.7 Å². The fraction of sp³-hybridized carbons (Fsp3) is 0.200. The smallest absolute Gasteiger partial charge is 0.250 e. The lowest BCUT2D eigenvalue weighted by Crippen LogP contribution is -2.09. The fourth-order valence-corrected chi connectivity index (χ4v) is 3.80. The molecule has 0 radical (unpaired) electrons. The van der Waals surface area contributed by atoms with Crippen LogP contribution in [0, 0.1) is 11.6 Å². The first kappa shape index (κ1) is 20.8. The Morgan fingerprint density at radius 1 is 1.06 bits per heavy atom. The summed E-state index contributed by atoms with van der Waals surface area (Å²) in [5.41, 5.74) is 2.05. The number of benzene rings is 1. The van der Waals surface area contributed by atoms with Crippen molar-refractivity contribution >= 4 is 21.1 Å². The number of halogens is 2. The van der Waals surface area contributed by atoms with E-state index in [4.69, 9.17) is 9.47 Å². The molecule has 1 aromatic carbocycles. The van der Waals surface area contributed by atoms with Gasteiger partial charge in [-0.1, -0.05) is 0 Å². The van der Waals surface area contributed by atoms with Crippen molar-refractivity contribution in [3.05, 3.63) is 59.7 Å². The normalized spacial score (nSPS) is 11.8. The van der Waals surface area contributed by atoms with E-state index in [0.717, 1.165) is 16.4 Å². The Kier molecular flexibility index (Phi) is 5.13. The molecular formula is C20H18F2N4O4S. The number of methoxy groups -OCH3 is 2. The minimum atomic E-state index is -3.52. The van der Waals surface area contributed by atoms with E-state index in [1.54, 1.807) is 18.5 Å². The zero-order chi connectivity index (χ0) is 22.3. The summed E-state index contributed by atoms with van der Waals surface area (Å²) in [5, 5.41) is 4.48. The van der Waals surface area contributed by atoms with Crippen LogP contribution in [0.5, 0.6) is 11.5 Å². The maximum absolute atomic E-state index is 14.8. The number of hydrogen-bond acceptors (Lipinski definition) is 6. The summed E-state index contributed by atoms with van der Waals surface area (Å²) in [6.07, 6.45) is 6.91. The number of nitrogens with one attached hydrogen (secondary N) is 1. The standard InChI is InChI=1S/C20H18F2N4O4S/c1-29-16-6-17(30-2)19(22)15(18(16)21)5-12-8-24-20-14(12)4-11(7-23-20)13-9-25-26(10-13)31(3,27)28/h4,6-10H,5H2,1-3H3,(H,23,24). The molecule has 0 aliphatic rings. The van der Waals surface area contributed by atoms with Gasteiger partial charge in [0.15, 0.2) is 23.1 Å². The third-order valence-corrected chi connectivity index (χ3v) is 5.76. The van der Waals surface area contributed by atoms with Gasteiger partial charge in [0.25, 0.3) is 10.0 Å². The minimum Gasteiger partial charge on any atom is -0.494 e. The highest BCUT2D eigenvalue weighted by Crippen LogP contribution is 2.34. The quantitative estimate of drug-likeness (QED) is 0.487. The summed E-state index contributed by atoms with van der Waals surface area (Å²) >= 11 is 0. The first-order valence-electron chi connectivity index (χ1n) is 9.03. The SMILES string of the molecule is COc1cc(OC)c(F)c(Cc2c[nH]c3ncc(-c4cnn(S(C)(=O)=O)c4)cc23)c1F. The average Bonchev–Trinajstić information content (AvgIpc) is 3.38. The summed E-state index contributed by atoms with van der Waals surface area (Å²) in [7, 11) is -0.942. The first-order chi connectivity index (χ1) is 14.7. The van der Waals surface area contributed by atoms with Crippen LogP contribution in [0.25, 0.3) is 22.2 Å². The van der Waals surface area contributed by atoms with Crippen molar-refractivity contribution in [2.45, 2.75) is 6.42 Å². The van der Waals surface area contributed by atoms with Crippen molar-refractivity contribution in [1.29, 1.82) is 0 Å². The van der Waals surface area contributed by atoms with E-state index in [1.165, 1.54) is 26.6 Å². The molecule has 11 heteroatoms. The maximum atomic E-state index is 14.8. The Hall–Kier alpha value is -3.47. The number of H-pyrrole nitrogens is 1. The van der Waals surface area contributed by atoms with Crippen LogP contribution in [0.3, 0.4) is 0 Å². The van der Waals surface area contributed by atoms with E-state index in [1.807, 2.05) is 0 Å². The Morgan fingerprint density at radius 3 is 2.32 bits per heavy atom. The summed E-state index contributed by atoms with van der Waals surface area (Å²) < 4.78 is 63.7. The van der Waals surface area contributed by atoms with Gasteiger partial charge in [0.2, 0.25) is 0 Å². The molecule has 0 amide bonds. The second-order valence-corrected chi connectivity index (χ2v) is 8.70. The van der Waals surface area contributed by atoms with Gasteiger partial charge in [-0.3, -0.25) is 0 Å². The van der Waals surface area contributed by atoms with Crippen LogP contribution in [-0.2, 0) is 16.4 Å². The van der Waals surface area contributed by atoms with Gasteiger partial charge in [-0.25, -0.2) is 22.2 Å². The highest BCUT2D eigenvalue weighted by molar-refractivity contribution is 7.89.